The molecule has 0 aliphatic carbocycles. The van der Waals surface area contributed by atoms with Gasteiger partial charge in [0.1, 0.15) is 5.01 Å². The van der Waals surface area contributed by atoms with Gasteiger partial charge < -0.3 is 5.32 Å². The second kappa shape index (κ2) is 5.34. The molecule has 0 radical (unpaired) electrons. The number of thiazole rings is 2. The predicted molar refractivity (Wildman–Crippen MR) is 64.3 cm³/mol. The fourth-order valence-corrected chi connectivity index (χ4v) is 2.58. The first-order valence-corrected chi connectivity index (χ1v) is 6.68. The zero-order valence-corrected chi connectivity index (χ0v) is 10.1. The average molecular weight is 239 g/mol. The van der Waals surface area contributed by atoms with Crippen LogP contribution in [0.5, 0.6) is 0 Å². The van der Waals surface area contributed by atoms with Crippen LogP contribution in [-0.2, 0) is 6.42 Å². The van der Waals surface area contributed by atoms with Crippen molar-refractivity contribution in [3.05, 3.63) is 33.2 Å². The highest BCUT2D eigenvalue weighted by Gasteiger charge is 2.06. The molecule has 1 atom stereocenters. The molecule has 0 spiro atoms. The maximum atomic E-state index is 4.27. The van der Waals surface area contributed by atoms with Crippen molar-refractivity contribution in [1.82, 2.24) is 15.3 Å². The van der Waals surface area contributed by atoms with E-state index < -0.39 is 0 Å². The van der Waals surface area contributed by atoms with Gasteiger partial charge in [0.25, 0.3) is 0 Å². The van der Waals surface area contributed by atoms with Crippen LogP contribution in [0.2, 0.25) is 0 Å². The van der Waals surface area contributed by atoms with Crippen molar-refractivity contribution < 1.29 is 0 Å². The van der Waals surface area contributed by atoms with Crippen LogP contribution in [0.25, 0.3) is 0 Å². The van der Waals surface area contributed by atoms with Crippen LogP contribution in [0, 0.1) is 0 Å². The summed E-state index contributed by atoms with van der Waals surface area (Å²) in [5, 5.41) is 8.68. The normalized spacial score (nSPS) is 12.9. The molecule has 3 nitrogen and oxygen atoms in total. The Bertz CT molecular complexity index is 369. The third-order valence-electron chi connectivity index (χ3n) is 2.14. The van der Waals surface area contributed by atoms with Crippen molar-refractivity contribution in [3.63, 3.8) is 0 Å². The number of hydrogen-bond donors (Lipinski definition) is 1. The Balaban J connectivity index is 1.74. The molecular formula is C10H13N3S2. The zero-order chi connectivity index (χ0) is 10.5. The van der Waals surface area contributed by atoms with E-state index in [0.717, 1.165) is 18.0 Å². The lowest BCUT2D eigenvalue weighted by Crippen LogP contribution is -2.21. The number of rotatable bonds is 5. The van der Waals surface area contributed by atoms with Gasteiger partial charge in [-0.2, -0.15) is 0 Å². The molecule has 15 heavy (non-hydrogen) atoms. The van der Waals surface area contributed by atoms with E-state index in [4.69, 9.17) is 0 Å². The molecule has 0 amide bonds. The Morgan fingerprint density at radius 1 is 1.47 bits per heavy atom. The molecule has 2 aromatic heterocycles. The molecule has 0 aliphatic heterocycles. The summed E-state index contributed by atoms with van der Waals surface area (Å²) in [4.78, 5) is 8.52. The molecule has 5 heteroatoms. The Labute approximate surface area is 97.2 Å². The van der Waals surface area contributed by atoms with Gasteiger partial charge in [0.15, 0.2) is 0 Å². The van der Waals surface area contributed by atoms with Gasteiger partial charge in [0.2, 0.25) is 0 Å². The standard InChI is InChI=1S/C10H13N3S2/c1-8(10-12-4-5-15-10)11-3-2-9-6-14-7-13-9/h4-8,11H,2-3H2,1H3. The highest BCUT2D eigenvalue weighted by Crippen LogP contribution is 2.14. The molecule has 1 unspecified atom stereocenters. The summed E-state index contributed by atoms with van der Waals surface area (Å²) in [7, 11) is 0. The number of aromatic nitrogens is 2. The average Bonchev–Trinajstić information content (AvgIpc) is 2.90. The van der Waals surface area contributed by atoms with Gasteiger partial charge in [-0.1, -0.05) is 0 Å². The van der Waals surface area contributed by atoms with E-state index in [1.807, 2.05) is 17.1 Å². The molecule has 0 aliphatic rings. The topological polar surface area (TPSA) is 37.8 Å². The van der Waals surface area contributed by atoms with Crippen LogP contribution in [0.1, 0.15) is 23.7 Å². The molecule has 1 N–H and O–H groups in total. The summed E-state index contributed by atoms with van der Waals surface area (Å²) in [5.41, 5.74) is 3.04. The summed E-state index contributed by atoms with van der Waals surface area (Å²) in [6.07, 6.45) is 2.83. The van der Waals surface area contributed by atoms with E-state index in [9.17, 15) is 0 Å². The molecule has 2 rings (SSSR count). The van der Waals surface area contributed by atoms with E-state index in [2.05, 4.69) is 27.6 Å². The van der Waals surface area contributed by atoms with Crippen LogP contribution in [0.3, 0.4) is 0 Å². The molecule has 0 aromatic carbocycles. The number of nitrogens with one attached hydrogen (secondary N) is 1. The molecule has 2 aromatic rings. The van der Waals surface area contributed by atoms with Crippen molar-refractivity contribution in [2.45, 2.75) is 19.4 Å². The molecule has 80 valence electrons. The van der Waals surface area contributed by atoms with Crippen LogP contribution in [0.15, 0.2) is 22.5 Å². The maximum absolute atomic E-state index is 4.27. The zero-order valence-electron chi connectivity index (χ0n) is 8.51. The van der Waals surface area contributed by atoms with Crippen LogP contribution >= 0.6 is 22.7 Å². The van der Waals surface area contributed by atoms with E-state index in [1.54, 1.807) is 22.7 Å². The fourth-order valence-electron chi connectivity index (χ4n) is 1.31. The minimum absolute atomic E-state index is 0.337. The van der Waals surface area contributed by atoms with E-state index in [1.165, 1.54) is 5.69 Å². The minimum Gasteiger partial charge on any atom is -0.308 e. The predicted octanol–water partition coefficient (Wildman–Crippen LogP) is 2.49. The largest absolute Gasteiger partial charge is 0.308 e. The second-order valence-electron chi connectivity index (χ2n) is 3.28. The molecule has 2 heterocycles. The van der Waals surface area contributed by atoms with Crippen molar-refractivity contribution in [2.75, 3.05) is 6.54 Å². The van der Waals surface area contributed by atoms with Crippen LogP contribution in [-0.4, -0.2) is 16.5 Å². The number of hydrogen-bond acceptors (Lipinski definition) is 5. The first kappa shape index (κ1) is 10.7. The van der Waals surface area contributed by atoms with Crippen molar-refractivity contribution in [3.8, 4) is 0 Å². The lowest BCUT2D eigenvalue weighted by atomic mass is 10.3. The molecule has 0 saturated heterocycles. The summed E-state index contributed by atoms with van der Waals surface area (Å²) >= 11 is 3.34. The fraction of sp³-hybridized carbons (Fsp3) is 0.400. The Morgan fingerprint density at radius 2 is 2.40 bits per heavy atom. The molecule has 0 saturated carbocycles. The number of nitrogens with zero attached hydrogens (tertiary/aromatic N) is 2. The highest BCUT2D eigenvalue weighted by atomic mass is 32.1. The summed E-state index contributed by atoms with van der Waals surface area (Å²) in [6, 6.07) is 0.337. The van der Waals surface area contributed by atoms with E-state index in [-0.39, 0.29) is 0 Å². The van der Waals surface area contributed by atoms with Gasteiger partial charge >= 0.3 is 0 Å². The summed E-state index contributed by atoms with van der Waals surface area (Å²) in [6.45, 7) is 3.09. The Kier molecular flexibility index (Phi) is 3.82. The van der Waals surface area contributed by atoms with Crippen molar-refractivity contribution in [1.29, 1.82) is 0 Å². The summed E-state index contributed by atoms with van der Waals surface area (Å²) < 4.78 is 0. The Hall–Kier alpha value is -0.780. The maximum Gasteiger partial charge on any atom is 0.109 e. The molecule has 0 bridgehead atoms. The van der Waals surface area contributed by atoms with Gasteiger partial charge in [0.05, 0.1) is 17.2 Å². The van der Waals surface area contributed by atoms with E-state index >= 15 is 0 Å². The smallest absolute Gasteiger partial charge is 0.109 e. The highest BCUT2D eigenvalue weighted by molar-refractivity contribution is 7.09. The van der Waals surface area contributed by atoms with Gasteiger partial charge in [-0.25, -0.2) is 9.97 Å². The van der Waals surface area contributed by atoms with Crippen molar-refractivity contribution >= 4 is 22.7 Å². The van der Waals surface area contributed by atoms with Crippen molar-refractivity contribution in [2.24, 2.45) is 0 Å². The Morgan fingerprint density at radius 3 is 3.07 bits per heavy atom. The lowest BCUT2D eigenvalue weighted by molar-refractivity contribution is 0.572. The first-order chi connectivity index (χ1) is 7.36. The van der Waals surface area contributed by atoms with Crippen LogP contribution < -0.4 is 5.32 Å². The lowest BCUT2D eigenvalue weighted by Gasteiger charge is -2.09. The van der Waals surface area contributed by atoms with Gasteiger partial charge in [0, 0.05) is 29.9 Å². The summed E-state index contributed by atoms with van der Waals surface area (Å²) in [5.74, 6) is 0. The van der Waals surface area contributed by atoms with Gasteiger partial charge in [-0.05, 0) is 6.92 Å². The first-order valence-electron chi connectivity index (χ1n) is 4.86. The van der Waals surface area contributed by atoms with Gasteiger partial charge in [-0.3, -0.25) is 0 Å². The van der Waals surface area contributed by atoms with Crippen LogP contribution in [0.4, 0.5) is 0 Å². The monoisotopic (exact) mass is 239 g/mol. The molecule has 0 fully saturated rings. The second-order valence-corrected chi connectivity index (χ2v) is 4.92. The quantitative estimate of drug-likeness (QED) is 0.871. The van der Waals surface area contributed by atoms with E-state index in [0.29, 0.717) is 6.04 Å². The third kappa shape index (κ3) is 3.09. The van der Waals surface area contributed by atoms with Gasteiger partial charge in [-0.15, -0.1) is 22.7 Å². The molecular weight excluding hydrogens is 226 g/mol. The third-order valence-corrected chi connectivity index (χ3v) is 3.73. The SMILES string of the molecule is CC(NCCc1cscn1)c1nccs1. The minimum atomic E-state index is 0.337.